The smallest absolute Gasteiger partial charge is 0.283 e. The van der Waals surface area contributed by atoms with Crippen LogP contribution in [-0.2, 0) is 9.59 Å². The summed E-state index contributed by atoms with van der Waals surface area (Å²) >= 11 is 13.9. The van der Waals surface area contributed by atoms with Crippen molar-refractivity contribution in [1.82, 2.24) is 4.90 Å². The second-order valence-corrected chi connectivity index (χ2v) is 9.79. The van der Waals surface area contributed by atoms with Gasteiger partial charge in [0, 0.05) is 36.8 Å². The summed E-state index contributed by atoms with van der Waals surface area (Å²) in [5.74, 6) is -0.760. The van der Waals surface area contributed by atoms with Gasteiger partial charge in [-0.25, -0.2) is 4.90 Å². The normalized spacial score (nSPS) is 16.6. The minimum Gasteiger partial charge on any atom is -0.368 e. The number of halogens is 2. The quantitative estimate of drug-likeness (QED) is 0.413. The van der Waals surface area contributed by atoms with E-state index in [1.807, 2.05) is 53.4 Å². The zero-order chi connectivity index (χ0) is 23.7. The van der Waals surface area contributed by atoms with Crippen LogP contribution in [-0.4, -0.2) is 42.9 Å². The summed E-state index contributed by atoms with van der Waals surface area (Å²) in [6.45, 7) is 2.74. The topological polar surface area (TPSA) is 43.9 Å². The van der Waals surface area contributed by atoms with Crippen molar-refractivity contribution in [2.45, 2.75) is 4.90 Å². The van der Waals surface area contributed by atoms with Crippen LogP contribution in [0.25, 0.3) is 0 Å². The van der Waals surface area contributed by atoms with E-state index in [4.69, 9.17) is 23.2 Å². The van der Waals surface area contributed by atoms with Crippen LogP contribution >= 0.6 is 35.0 Å². The molecule has 3 aromatic rings. The maximum Gasteiger partial charge on any atom is 0.283 e. The molecule has 1 saturated heterocycles. The molecule has 0 aromatic heterocycles. The van der Waals surface area contributed by atoms with Gasteiger partial charge in [-0.15, -0.1) is 0 Å². The third-order valence-electron chi connectivity index (χ3n) is 5.87. The highest BCUT2D eigenvalue weighted by Gasteiger charge is 2.43. The van der Waals surface area contributed by atoms with Crippen LogP contribution in [0.4, 0.5) is 11.4 Å². The number of imide groups is 1. The Morgan fingerprint density at radius 3 is 1.97 bits per heavy atom. The van der Waals surface area contributed by atoms with Crippen molar-refractivity contribution in [3.8, 4) is 0 Å². The van der Waals surface area contributed by atoms with Crippen molar-refractivity contribution in [2.75, 3.05) is 36.0 Å². The fourth-order valence-corrected chi connectivity index (χ4v) is 5.59. The van der Waals surface area contributed by atoms with E-state index in [2.05, 4.69) is 17.0 Å². The number of hydrogen-bond acceptors (Lipinski definition) is 5. The molecular formula is C26H21Cl2N3O2S. The Kier molecular flexibility index (Phi) is 6.55. The molecule has 0 saturated carbocycles. The van der Waals surface area contributed by atoms with Gasteiger partial charge in [-0.3, -0.25) is 9.59 Å². The number of rotatable bonds is 5. The van der Waals surface area contributed by atoms with Crippen LogP contribution in [0.5, 0.6) is 0 Å². The third kappa shape index (κ3) is 4.29. The van der Waals surface area contributed by atoms with Gasteiger partial charge in [-0.1, -0.05) is 77.4 Å². The molecule has 0 aliphatic carbocycles. The molecule has 5 rings (SSSR count). The van der Waals surface area contributed by atoms with Crippen molar-refractivity contribution in [3.05, 3.63) is 99.5 Å². The Morgan fingerprint density at radius 1 is 0.676 bits per heavy atom. The van der Waals surface area contributed by atoms with Gasteiger partial charge in [0.25, 0.3) is 11.8 Å². The summed E-state index contributed by atoms with van der Waals surface area (Å²) in [7, 11) is 0. The number of benzene rings is 3. The molecule has 3 aromatic carbocycles. The Hall–Kier alpha value is -2.93. The maximum atomic E-state index is 13.7. The SMILES string of the molecule is O=C1C(Sc2ccccc2)=C(N2CCN(c3ccccc3)CC2)C(=O)N1c1cccc(Cl)c1Cl. The fourth-order valence-electron chi connectivity index (χ4n) is 4.19. The zero-order valence-corrected chi connectivity index (χ0v) is 20.5. The summed E-state index contributed by atoms with van der Waals surface area (Å²) in [5.41, 5.74) is 1.87. The van der Waals surface area contributed by atoms with Crippen molar-refractivity contribution in [1.29, 1.82) is 0 Å². The molecule has 172 valence electrons. The van der Waals surface area contributed by atoms with Crippen LogP contribution in [0, 0.1) is 0 Å². The molecule has 2 heterocycles. The average molecular weight is 510 g/mol. The fraction of sp³-hybridized carbons (Fsp3) is 0.154. The standard InChI is InChI=1S/C26H21Cl2N3O2S/c27-20-12-7-13-21(22(20)28)31-25(32)23(24(26(31)33)34-19-10-5-2-6-11-19)30-16-14-29(15-17-30)18-8-3-1-4-9-18/h1-13H,14-17H2. The first-order valence-corrected chi connectivity index (χ1v) is 12.5. The van der Waals surface area contributed by atoms with E-state index in [0.717, 1.165) is 28.6 Å². The van der Waals surface area contributed by atoms with Crippen molar-refractivity contribution >= 4 is 58.2 Å². The second kappa shape index (κ2) is 9.74. The van der Waals surface area contributed by atoms with E-state index in [-0.39, 0.29) is 16.8 Å². The Balaban J connectivity index is 1.48. The Morgan fingerprint density at radius 2 is 1.29 bits per heavy atom. The lowest BCUT2D eigenvalue weighted by molar-refractivity contribution is -0.121. The van der Waals surface area contributed by atoms with Crippen LogP contribution in [0.1, 0.15) is 0 Å². The number of carbonyl (C=O) groups is 2. The van der Waals surface area contributed by atoms with Crippen molar-refractivity contribution in [2.24, 2.45) is 0 Å². The average Bonchev–Trinajstić information content (AvgIpc) is 3.11. The molecule has 0 unspecified atom stereocenters. The van der Waals surface area contributed by atoms with Crippen molar-refractivity contribution < 1.29 is 9.59 Å². The summed E-state index contributed by atoms with van der Waals surface area (Å²) in [4.78, 5) is 34.1. The van der Waals surface area contributed by atoms with Gasteiger partial charge in [0.05, 0.1) is 15.7 Å². The number of para-hydroxylation sites is 1. The maximum absolute atomic E-state index is 13.7. The van der Waals surface area contributed by atoms with Gasteiger partial charge >= 0.3 is 0 Å². The lowest BCUT2D eigenvalue weighted by Crippen LogP contribution is -2.47. The Labute approximate surface area is 212 Å². The third-order valence-corrected chi connectivity index (χ3v) is 7.76. The number of thioether (sulfide) groups is 1. The molecule has 8 heteroatoms. The lowest BCUT2D eigenvalue weighted by Gasteiger charge is -2.37. The van der Waals surface area contributed by atoms with Crippen molar-refractivity contribution in [3.63, 3.8) is 0 Å². The number of hydrogen-bond donors (Lipinski definition) is 0. The highest BCUT2D eigenvalue weighted by atomic mass is 35.5. The van der Waals surface area contributed by atoms with Gasteiger partial charge in [0.15, 0.2) is 0 Å². The summed E-state index contributed by atoms with van der Waals surface area (Å²) < 4.78 is 0. The predicted octanol–water partition coefficient (Wildman–Crippen LogP) is 5.69. The first kappa shape index (κ1) is 22.8. The van der Waals surface area contributed by atoms with Gasteiger partial charge < -0.3 is 9.80 Å². The van der Waals surface area contributed by atoms with E-state index in [0.29, 0.717) is 34.4 Å². The van der Waals surface area contributed by atoms with Gasteiger partial charge in [0.1, 0.15) is 10.6 Å². The van der Waals surface area contributed by atoms with Gasteiger partial charge in [0.2, 0.25) is 0 Å². The molecule has 2 aliphatic rings. The number of piperazine rings is 1. The highest BCUT2D eigenvalue weighted by Crippen LogP contribution is 2.42. The van der Waals surface area contributed by atoms with Gasteiger partial charge in [-0.2, -0.15) is 0 Å². The number of nitrogens with zero attached hydrogens (tertiary/aromatic N) is 3. The molecule has 0 bridgehead atoms. The predicted molar refractivity (Wildman–Crippen MR) is 139 cm³/mol. The van der Waals surface area contributed by atoms with E-state index in [1.165, 1.54) is 11.8 Å². The molecule has 0 spiro atoms. The minimum absolute atomic E-state index is 0.185. The number of carbonyl (C=O) groups excluding carboxylic acids is 2. The van der Waals surface area contributed by atoms with E-state index >= 15 is 0 Å². The lowest BCUT2D eigenvalue weighted by atomic mass is 10.2. The molecule has 1 fully saturated rings. The van der Waals surface area contributed by atoms with E-state index in [9.17, 15) is 9.59 Å². The first-order valence-electron chi connectivity index (χ1n) is 10.9. The summed E-state index contributed by atoms with van der Waals surface area (Å²) in [5, 5.41) is 0.479. The van der Waals surface area contributed by atoms with E-state index in [1.54, 1.807) is 18.2 Å². The highest BCUT2D eigenvalue weighted by molar-refractivity contribution is 8.04. The molecular weight excluding hydrogens is 489 g/mol. The molecule has 0 radical (unpaired) electrons. The molecule has 5 nitrogen and oxygen atoms in total. The molecule has 0 N–H and O–H groups in total. The van der Waals surface area contributed by atoms with Crippen LogP contribution < -0.4 is 9.80 Å². The molecule has 0 atom stereocenters. The molecule has 2 amide bonds. The summed E-state index contributed by atoms with van der Waals surface area (Å²) in [6.07, 6.45) is 0. The largest absolute Gasteiger partial charge is 0.368 e. The summed E-state index contributed by atoms with van der Waals surface area (Å²) in [6, 6.07) is 24.8. The zero-order valence-electron chi connectivity index (χ0n) is 18.2. The van der Waals surface area contributed by atoms with E-state index < -0.39 is 0 Å². The minimum atomic E-state index is -0.386. The number of amides is 2. The monoisotopic (exact) mass is 509 g/mol. The van der Waals surface area contributed by atoms with Gasteiger partial charge in [-0.05, 0) is 36.4 Å². The Bertz CT molecular complexity index is 1260. The second-order valence-electron chi connectivity index (χ2n) is 7.92. The van der Waals surface area contributed by atoms with Crippen LogP contribution in [0.15, 0.2) is 94.4 Å². The molecule has 34 heavy (non-hydrogen) atoms. The molecule has 2 aliphatic heterocycles. The first-order chi connectivity index (χ1) is 16.5. The number of anilines is 2. The van der Waals surface area contributed by atoms with Crippen LogP contribution in [0.2, 0.25) is 10.0 Å². The van der Waals surface area contributed by atoms with Crippen LogP contribution in [0.3, 0.4) is 0 Å².